The average molecular weight is 210 g/mol. The van der Waals surface area contributed by atoms with Crippen LogP contribution in [0.4, 0.5) is 0 Å². The number of hydrogen-bond donors (Lipinski definition) is 1. The zero-order valence-corrected chi connectivity index (χ0v) is 9.83. The second-order valence-electron chi connectivity index (χ2n) is 5.77. The largest absolute Gasteiger partial charge is 0.389 e. The van der Waals surface area contributed by atoms with Crippen molar-refractivity contribution in [1.29, 1.82) is 0 Å². The molecule has 0 aromatic heterocycles. The molecule has 0 amide bonds. The van der Waals surface area contributed by atoms with E-state index in [0.29, 0.717) is 5.92 Å². The van der Waals surface area contributed by atoms with Crippen molar-refractivity contribution < 1.29 is 9.84 Å². The van der Waals surface area contributed by atoms with Gasteiger partial charge in [0.25, 0.3) is 0 Å². The molecule has 0 aromatic rings. The fourth-order valence-electron chi connectivity index (χ4n) is 2.87. The van der Waals surface area contributed by atoms with Crippen LogP contribution in [0.25, 0.3) is 0 Å². The van der Waals surface area contributed by atoms with Crippen LogP contribution in [0.2, 0.25) is 0 Å². The van der Waals surface area contributed by atoms with Gasteiger partial charge in [-0.3, -0.25) is 0 Å². The molecule has 15 heavy (non-hydrogen) atoms. The van der Waals surface area contributed by atoms with E-state index < -0.39 is 0 Å². The molecule has 0 spiro atoms. The molecule has 1 fully saturated rings. The number of aliphatic hydroxyl groups excluding tert-OH is 1. The Bertz CT molecular complexity index is 249. The molecule has 2 unspecified atom stereocenters. The Kier molecular flexibility index (Phi) is 3.17. The summed E-state index contributed by atoms with van der Waals surface area (Å²) in [6, 6.07) is 0. The molecule has 2 atom stereocenters. The van der Waals surface area contributed by atoms with Gasteiger partial charge >= 0.3 is 0 Å². The second-order valence-corrected chi connectivity index (χ2v) is 5.77. The molecule has 0 aromatic carbocycles. The Balaban J connectivity index is 2.07. The van der Waals surface area contributed by atoms with E-state index in [1.54, 1.807) is 0 Å². The van der Waals surface area contributed by atoms with Crippen molar-refractivity contribution in [3.05, 3.63) is 11.6 Å². The maximum atomic E-state index is 9.83. The first-order chi connectivity index (χ1) is 7.07. The standard InChI is InChI=1S/C13H22O2/c1-13(2)7-11(6-12(14)8-13)10-4-3-5-15-9-10/h6,10,12,14H,3-5,7-9H2,1-2H3. The highest BCUT2D eigenvalue weighted by Gasteiger charge is 2.31. The Morgan fingerprint density at radius 2 is 2.27 bits per heavy atom. The third-order valence-corrected chi connectivity index (χ3v) is 3.54. The van der Waals surface area contributed by atoms with Crippen LogP contribution < -0.4 is 0 Å². The van der Waals surface area contributed by atoms with Gasteiger partial charge in [0.15, 0.2) is 0 Å². The van der Waals surface area contributed by atoms with E-state index in [0.717, 1.165) is 26.1 Å². The first kappa shape index (κ1) is 11.2. The third-order valence-electron chi connectivity index (χ3n) is 3.54. The highest BCUT2D eigenvalue weighted by molar-refractivity contribution is 5.16. The lowest BCUT2D eigenvalue weighted by Crippen LogP contribution is -2.30. The fraction of sp³-hybridized carbons (Fsp3) is 0.846. The molecule has 0 bridgehead atoms. The van der Waals surface area contributed by atoms with Crippen molar-refractivity contribution in [3.8, 4) is 0 Å². The van der Waals surface area contributed by atoms with Gasteiger partial charge in [-0.15, -0.1) is 0 Å². The molecule has 2 heteroatoms. The van der Waals surface area contributed by atoms with Gasteiger partial charge in [-0.2, -0.15) is 0 Å². The minimum absolute atomic E-state index is 0.245. The summed E-state index contributed by atoms with van der Waals surface area (Å²) in [6.07, 6.45) is 6.24. The van der Waals surface area contributed by atoms with E-state index in [4.69, 9.17) is 4.74 Å². The lowest BCUT2D eigenvalue weighted by molar-refractivity contribution is 0.0585. The van der Waals surface area contributed by atoms with Crippen LogP contribution in [0.5, 0.6) is 0 Å². The predicted octanol–water partition coefficient (Wildman–Crippen LogP) is 2.52. The van der Waals surface area contributed by atoms with E-state index in [-0.39, 0.29) is 11.5 Å². The number of rotatable bonds is 1. The smallest absolute Gasteiger partial charge is 0.0728 e. The van der Waals surface area contributed by atoms with Gasteiger partial charge in [-0.1, -0.05) is 25.5 Å². The maximum Gasteiger partial charge on any atom is 0.0728 e. The lowest BCUT2D eigenvalue weighted by Gasteiger charge is -2.36. The molecule has 2 aliphatic rings. The number of hydrogen-bond acceptors (Lipinski definition) is 2. The Hall–Kier alpha value is -0.340. The predicted molar refractivity (Wildman–Crippen MR) is 60.6 cm³/mol. The van der Waals surface area contributed by atoms with E-state index in [9.17, 15) is 5.11 Å². The topological polar surface area (TPSA) is 29.5 Å². The molecule has 1 N–H and O–H groups in total. The van der Waals surface area contributed by atoms with E-state index in [1.165, 1.54) is 18.4 Å². The van der Waals surface area contributed by atoms with Crippen LogP contribution in [-0.2, 0) is 4.74 Å². The zero-order chi connectivity index (χ0) is 10.9. The van der Waals surface area contributed by atoms with Crippen molar-refractivity contribution in [3.63, 3.8) is 0 Å². The highest BCUT2D eigenvalue weighted by Crippen LogP contribution is 2.39. The third kappa shape index (κ3) is 2.82. The van der Waals surface area contributed by atoms with E-state index >= 15 is 0 Å². The molecule has 0 saturated carbocycles. The van der Waals surface area contributed by atoms with E-state index in [2.05, 4.69) is 19.9 Å². The molecule has 1 heterocycles. The van der Waals surface area contributed by atoms with Crippen LogP contribution in [0.1, 0.15) is 39.5 Å². The quantitative estimate of drug-likeness (QED) is 0.674. The molecule has 86 valence electrons. The molecule has 1 aliphatic carbocycles. The van der Waals surface area contributed by atoms with Gasteiger partial charge in [0.05, 0.1) is 12.7 Å². The van der Waals surface area contributed by atoms with Gasteiger partial charge in [0.2, 0.25) is 0 Å². The minimum atomic E-state index is -0.245. The molecular weight excluding hydrogens is 188 g/mol. The lowest BCUT2D eigenvalue weighted by atomic mass is 9.72. The zero-order valence-electron chi connectivity index (χ0n) is 9.83. The van der Waals surface area contributed by atoms with Crippen LogP contribution in [0.3, 0.4) is 0 Å². The van der Waals surface area contributed by atoms with Gasteiger partial charge in [-0.05, 0) is 31.1 Å². The monoisotopic (exact) mass is 210 g/mol. The Labute approximate surface area is 92.3 Å². The fourth-order valence-corrected chi connectivity index (χ4v) is 2.87. The summed E-state index contributed by atoms with van der Waals surface area (Å²) in [5.41, 5.74) is 1.68. The van der Waals surface area contributed by atoms with Crippen molar-refractivity contribution in [1.82, 2.24) is 0 Å². The summed E-state index contributed by atoms with van der Waals surface area (Å²) in [5, 5.41) is 9.83. The first-order valence-corrected chi connectivity index (χ1v) is 6.03. The number of aliphatic hydroxyl groups is 1. The summed E-state index contributed by atoms with van der Waals surface area (Å²) >= 11 is 0. The Morgan fingerprint density at radius 3 is 2.87 bits per heavy atom. The van der Waals surface area contributed by atoms with Crippen LogP contribution >= 0.6 is 0 Å². The minimum Gasteiger partial charge on any atom is -0.389 e. The molecule has 1 aliphatic heterocycles. The van der Waals surface area contributed by atoms with E-state index in [1.807, 2.05) is 0 Å². The van der Waals surface area contributed by atoms with Gasteiger partial charge in [-0.25, -0.2) is 0 Å². The first-order valence-electron chi connectivity index (χ1n) is 6.03. The summed E-state index contributed by atoms with van der Waals surface area (Å²) in [6.45, 7) is 6.25. The summed E-state index contributed by atoms with van der Waals surface area (Å²) in [4.78, 5) is 0. The highest BCUT2D eigenvalue weighted by atomic mass is 16.5. The average Bonchev–Trinajstić information content (AvgIpc) is 2.16. The van der Waals surface area contributed by atoms with Gasteiger partial charge in [0, 0.05) is 12.5 Å². The second kappa shape index (κ2) is 4.26. The summed E-state index contributed by atoms with van der Waals surface area (Å²) in [7, 11) is 0. The Morgan fingerprint density at radius 1 is 1.47 bits per heavy atom. The molecule has 0 radical (unpaired) electrons. The normalized spacial score (nSPS) is 36.1. The molecular formula is C13H22O2. The van der Waals surface area contributed by atoms with Crippen LogP contribution in [0, 0.1) is 11.3 Å². The van der Waals surface area contributed by atoms with Crippen molar-refractivity contribution >= 4 is 0 Å². The van der Waals surface area contributed by atoms with Crippen molar-refractivity contribution in [2.75, 3.05) is 13.2 Å². The van der Waals surface area contributed by atoms with Crippen molar-refractivity contribution in [2.45, 2.75) is 45.6 Å². The summed E-state index contributed by atoms with van der Waals surface area (Å²) < 4.78 is 5.52. The summed E-state index contributed by atoms with van der Waals surface area (Å²) in [5.74, 6) is 0.563. The van der Waals surface area contributed by atoms with Gasteiger partial charge in [0.1, 0.15) is 0 Å². The number of ether oxygens (including phenoxy) is 1. The van der Waals surface area contributed by atoms with Gasteiger partial charge < -0.3 is 9.84 Å². The molecule has 2 rings (SSSR count). The maximum absolute atomic E-state index is 9.83. The molecule has 2 nitrogen and oxygen atoms in total. The van der Waals surface area contributed by atoms with Crippen molar-refractivity contribution in [2.24, 2.45) is 11.3 Å². The van der Waals surface area contributed by atoms with Crippen LogP contribution in [-0.4, -0.2) is 24.4 Å². The SMILES string of the molecule is CC1(C)CC(C2CCCOC2)=CC(O)C1. The molecule has 1 saturated heterocycles. The van der Waals surface area contributed by atoms with Crippen LogP contribution in [0.15, 0.2) is 11.6 Å².